The second-order valence-electron chi connectivity index (χ2n) is 4.76. The normalized spacial score (nSPS) is 20.9. The zero-order chi connectivity index (χ0) is 12.8. The van der Waals surface area contributed by atoms with E-state index < -0.39 is 0 Å². The van der Waals surface area contributed by atoms with E-state index in [1.54, 1.807) is 0 Å². The molecule has 2 rings (SSSR count). The summed E-state index contributed by atoms with van der Waals surface area (Å²) in [6.07, 6.45) is 0.700. The van der Waals surface area contributed by atoms with Crippen LogP contribution in [-0.2, 0) is 9.59 Å². The molecule has 0 radical (unpaired) electrons. The Morgan fingerprint density at radius 1 is 0.722 bits per heavy atom. The molecule has 2 N–H and O–H groups in total. The highest BCUT2D eigenvalue weighted by atomic mass is 16.2. The standard InChI is InChI=1S/C12H22N4O2/c17-11(15-7-3-13-4-8-15)1-2-12(18)16-9-5-14-6-10-16/h13-14H,1-10H2. The van der Waals surface area contributed by atoms with Crippen LogP contribution in [-0.4, -0.2) is 74.0 Å². The summed E-state index contributed by atoms with van der Waals surface area (Å²) in [4.78, 5) is 27.5. The van der Waals surface area contributed by atoms with Crippen LogP contribution in [0.3, 0.4) is 0 Å². The van der Waals surface area contributed by atoms with E-state index in [1.807, 2.05) is 9.80 Å². The number of rotatable bonds is 3. The van der Waals surface area contributed by atoms with E-state index in [-0.39, 0.29) is 11.8 Å². The van der Waals surface area contributed by atoms with Gasteiger partial charge in [0.05, 0.1) is 0 Å². The molecule has 6 nitrogen and oxygen atoms in total. The maximum absolute atomic E-state index is 11.9. The lowest BCUT2D eigenvalue weighted by Gasteiger charge is -2.29. The van der Waals surface area contributed by atoms with Gasteiger partial charge in [0.25, 0.3) is 0 Å². The van der Waals surface area contributed by atoms with Crippen LogP contribution >= 0.6 is 0 Å². The summed E-state index contributed by atoms with van der Waals surface area (Å²) in [7, 11) is 0. The van der Waals surface area contributed by atoms with Crippen LogP contribution in [0, 0.1) is 0 Å². The first-order chi connectivity index (χ1) is 8.77. The molecule has 0 aliphatic carbocycles. The number of carbonyl (C=O) groups is 2. The molecule has 2 amide bonds. The third kappa shape index (κ3) is 3.68. The lowest BCUT2D eigenvalue weighted by atomic mass is 10.2. The Labute approximate surface area is 108 Å². The molecule has 0 spiro atoms. The van der Waals surface area contributed by atoms with E-state index in [0.29, 0.717) is 12.8 Å². The molecule has 18 heavy (non-hydrogen) atoms. The zero-order valence-electron chi connectivity index (χ0n) is 10.8. The number of amides is 2. The predicted molar refractivity (Wildman–Crippen MR) is 68.1 cm³/mol. The Bertz CT molecular complexity index is 266. The Hall–Kier alpha value is -1.14. The third-order valence-corrected chi connectivity index (χ3v) is 3.49. The van der Waals surface area contributed by atoms with Crippen molar-refractivity contribution >= 4 is 11.8 Å². The molecule has 0 aromatic rings. The summed E-state index contributed by atoms with van der Waals surface area (Å²) >= 11 is 0. The minimum atomic E-state index is 0.111. The lowest BCUT2D eigenvalue weighted by Crippen LogP contribution is -2.48. The molecule has 0 aromatic carbocycles. The van der Waals surface area contributed by atoms with Gasteiger partial charge < -0.3 is 20.4 Å². The van der Waals surface area contributed by atoms with Crippen LogP contribution in [0.2, 0.25) is 0 Å². The van der Waals surface area contributed by atoms with E-state index in [1.165, 1.54) is 0 Å². The van der Waals surface area contributed by atoms with Gasteiger partial charge in [-0.3, -0.25) is 9.59 Å². The number of carbonyl (C=O) groups excluding carboxylic acids is 2. The van der Waals surface area contributed by atoms with Crippen molar-refractivity contribution in [2.75, 3.05) is 52.4 Å². The Morgan fingerprint density at radius 3 is 1.39 bits per heavy atom. The molecule has 0 unspecified atom stereocenters. The molecular weight excluding hydrogens is 232 g/mol. The first-order valence-corrected chi connectivity index (χ1v) is 6.74. The molecule has 6 heteroatoms. The quantitative estimate of drug-likeness (QED) is 0.652. The SMILES string of the molecule is O=C(CCC(=O)N1CCNCC1)N1CCNCC1. The number of nitrogens with one attached hydrogen (secondary N) is 2. The minimum Gasteiger partial charge on any atom is -0.340 e. The first kappa shape index (κ1) is 13.3. The van der Waals surface area contributed by atoms with E-state index in [9.17, 15) is 9.59 Å². The molecule has 2 aliphatic rings. The molecule has 2 heterocycles. The van der Waals surface area contributed by atoms with Crippen molar-refractivity contribution in [1.82, 2.24) is 20.4 Å². The molecule has 2 fully saturated rings. The van der Waals surface area contributed by atoms with E-state index in [4.69, 9.17) is 0 Å². The van der Waals surface area contributed by atoms with Gasteiger partial charge in [0, 0.05) is 65.2 Å². The number of nitrogens with zero attached hydrogens (tertiary/aromatic N) is 2. The van der Waals surface area contributed by atoms with Crippen molar-refractivity contribution < 1.29 is 9.59 Å². The van der Waals surface area contributed by atoms with Crippen molar-refractivity contribution in [3.8, 4) is 0 Å². The fourth-order valence-corrected chi connectivity index (χ4v) is 2.36. The molecule has 0 saturated carbocycles. The van der Waals surface area contributed by atoms with Gasteiger partial charge in [0.1, 0.15) is 0 Å². The maximum Gasteiger partial charge on any atom is 0.223 e. The first-order valence-electron chi connectivity index (χ1n) is 6.74. The van der Waals surface area contributed by atoms with Crippen LogP contribution in [0.1, 0.15) is 12.8 Å². The monoisotopic (exact) mass is 254 g/mol. The van der Waals surface area contributed by atoms with Crippen LogP contribution in [0.5, 0.6) is 0 Å². The molecular formula is C12H22N4O2. The highest BCUT2D eigenvalue weighted by Crippen LogP contribution is 2.04. The van der Waals surface area contributed by atoms with Gasteiger partial charge in [-0.15, -0.1) is 0 Å². The molecule has 2 aliphatic heterocycles. The summed E-state index contributed by atoms with van der Waals surface area (Å²) in [5, 5.41) is 6.42. The van der Waals surface area contributed by atoms with Crippen LogP contribution in [0.15, 0.2) is 0 Å². The number of hydrogen-bond acceptors (Lipinski definition) is 4. The van der Waals surface area contributed by atoms with Gasteiger partial charge >= 0.3 is 0 Å². The predicted octanol–water partition coefficient (Wildman–Crippen LogP) is -1.37. The van der Waals surface area contributed by atoms with Gasteiger partial charge in [-0.1, -0.05) is 0 Å². The average Bonchev–Trinajstić information content (AvgIpc) is 2.46. The second-order valence-corrected chi connectivity index (χ2v) is 4.76. The summed E-state index contributed by atoms with van der Waals surface area (Å²) < 4.78 is 0. The van der Waals surface area contributed by atoms with Gasteiger partial charge in [-0.2, -0.15) is 0 Å². The van der Waals surface area contributed by atoms with Crippen LogP contribution < -0.4 is 10.6 Å². The highest BCUT2D eigenvalue weighted by Gasteiger charge is 2.20. The molecule has 2 saturated heterocycles. The van der Waals surface area contributed by atoms with Crippen LogP contribution in [0.4, 0.5) is 0 Å². The van der Waals surface area contributed by atoms with Gasteiger partial charge in [-0.25, -0.2) is 0 Å². The van der Waals surface area contributed by atoms with E-state index >= 15 is 0 Å². The molecule has 0 aromatic heterocycles. The summed E-state index contributed by atoms with van der Waals surface area (Å²) in [6, 6.07) is 0. The third-order valence-electron chi connectivity index (χ3n) is 3.49. The van der Waals surface area contributed by atoms with E-state index in [2.05, 4.69) is 10.6 Å². The zero-order valence-corrected chi connectivity index (χ0v) is 10.8. The molecule has 102 valence electrons. The minimum absolute atomic E-state index is 0.111. The molecule has 0 atom stereocenters. The van der Waals surface area contributed by atoms with Crippen molar-refractivity contribution in [2.24, 2.45) is 0 Å². The Balaban J connectivity index is 1.69. The average molecular weight is 254 g/mol. The maximum atomic E-state index is 11.9. The second kappa shape index (κ2) is 6.70. The molecule has 0 bridgehead atoms. The highest BCUT2D eigenvalue weighted by molar-refractivity contribution is 5.84. The lowest BCUT2D eigenvalue weighted by molar-refractivity contribution is -0.137. The number of hydrogen-bond donors (Lipinski definition) is 2. The Morgan fingerprint density at radius 2 is 1.06 bits per heavy atom. The van der Waals surface area contributed by atoms with Gasteiger partial charge in [-0.05, 0) is 0 Å². The fourth-order valence-electron chi connectivity index (χ4n) is 2.36. The summed E-state index contributed by atoms with van der Waals surface area (Å²) in [5.74, 6) is 0.222. The van der Waals surface area contributed by atoms with Gasteiger partial charge in [0.15, 0.2) is 0 Å². The summed E-state index contributed by atoms with van der Waals surface area (Å²) in [6.45, 7) is 6.49. The Kier molecular flexibility index (Phi) is 4.95. The van der Waals surface area contributed by atoms with Crippen LogP contribution in [0.25, 0.3) is 0 Å². The smallest absolute Gasteiger partial charge is 0.223 e. The summed E-state index contributed by atoms with van der Waals surface area (Å²) in [5.41, 5.74) is 0. The van der Waals surface area contributed by atoms with Crippen molar-refractivity contribution in [3.05, 3.63) is 0 Å². The largest absolute Gasteiger partial charge is 0.340 e. The number of piperazine rings is 2. The van der Waals surface area contributed by atoms with Crippen molar-refractivity contribution in [1.29, 1.82) is 0 Å². The van der Waals surface area contributed by atoms with E-state index in [0.717, 1.165) is 52.4 Å². The van der Waals surface area contributed by atoms with Crippen molar-refractivity contribution in [2.45, 2.75) is 12.8 Å². The fraction of sp³-hybridized carbons (Fsp3) is 0.833. The van der Waals surface area contributed by atoms with Crippen molar-refractivity contribution in [3.63, 3.8) is 0 Å². The topological polar surface area (TPSA) is 64.7 Å². The van der Waals surface area contributed by atoms with Gasteiger partial charge in [0.2, 0.25) is 11.8 Å².